The minimum absolute atomic E-state index is 0.0622. The van der Waals surface area contributed by atoms with Crippen molar-refractivity contribution in [2.45, 2.75) is 39.2 Å². The molecular weight excluding hydrogens is 250 g/mol. The molecule has 0 fully saturated rings. The van der Waals surface area contributed by atoms with Crippen LogP contribution in [-0.2, 0) is 12.8 Å². The minimum atomic E-state index is -0.0622. The first-order valence-corrected chi connectivity index (χ1v) is 7.14. The standard InChI is InChI=1S/C16H19N3O/c1-11(2)17-16(20)15-13-9-6-10-14(13)19(18-15)12-7-4-3-5-8-12/h3-5,7-8,11H,6,9-10H2,1-2H3,(H,17,20). The van der Waals surface area contributed by atoms with Crippen LogP contribution in [0.25, 0.3) is 5.69 Å². The second-order valence-corrected chi connectivity index (χ2v) is 5.50. The second kappa shape index (κ2) is 5.12. The van der Waals surface area contributed by atoms with E-state index >= 15 is 0 Å². The minimum Gasteiger partial charge on any atom is -0.348 e. The Morgan fingerprint density at radius 3 is 2.70 bits per heavy atom. The van der Waals surface area contributed by atoms with Gasteiger partial charge in [-0.1, -0.05) is 18.2 Å². The van der Waals surface area contributed by atoms with Gasteiger partial charge < -0.3 is 5.32 Å². The van der Waals surface area contributed by atoms with Gasteiger partial charge in [-0.05, 0) is 45.2 Å². The molecule has 2 aromatic rings. The monoisotopic (exact) mass is 269 g/mol. The first kappa shape index (κ1) is 12.9. The number of carbonyl (C=O) groups excluding carboxylic acids is 1. The largest absolute Gasteiger partial charge is 0.348 e. The number of aromatic nitrogens is 2. The van der Waals surface area contributed by atoms with E-state index in [1.54, 1.807) is 0 Å². The molecule has 0 aliphatic heterocycles. The maximum absolute atomic E-state index is 12.3. The number of hydrogen-bond donors (Lipinski definition) is 1. The van der Waals surface area contributed by atoms with Crippen LogP contribution in [0.2, 0.25) is 0 Å². The zero-order valence-electron chi connectivity index (χ0n) is 11.9. The highest BCUT2D eigenvalue weighted by Crippen LogP contribution is 2.27. The predicted octanol–water partition coefficient (Wildman–Crippen LogP) is 2.50. The number of carbonyl (C=O) groups is 1. The van der Waals surface area contributed by atoms with E-state index in [2.05, 4.69) is 10.4 Å². The van der Waals surface area contributed by atoms with Crippen molar-refractivity contribution in [2.24, 2.45) is 0 Å². The molecule has 20 heavy (non-hydrogen) atoms. The quantitative estimate of drug-likeness (QED) is 0.930. The van der Waals surface area contributed by atoms with Gasteiger partial charge in [0.05, 0.1) is 5.69 Å². The zero-order valence-corrected chi connectivity index (χ0v) is 11.9. The summed E-state index contributed by atoms with van der Waals surface area (Å²) >= 11 is 0. The summed E-state index contributed by atoms with van der Waals surface area (Å²) in [6.45, 7) is 3.93. The van der Waals surface area contributed by atoms with Crippen LogP contribution in [0.1, 0.15) is 42.0 Å². The highest BCUT2D eigenvalue weighted by molar-refractivity contribution is 5.94. The number of rotatable bonds is 3. The third-order valence-corrected chi connectivity index (χ3v) is 3.57. The zero-order chi connectivity index (χ0) is 14.1. The average molecular weight is 269 g/mol. The van der Waals surface area contributed by atoms with Crippen LogP contribution in [0.15, 0.2) is 30.3 Å². The number of amides is 1. The topological polar surface area (TPSA) is 46.9 Å². The molecule has 1 amide bonds. The summed E-state index contributed by atoms with van der Waals surface area (Å²) in [7, 11) is 0. The number of benzene rings is 1. The molecule has 4 nitrogen and oxygen atoms in total. The number of nitrogens with one attached hydrogen (secondary N) is 1. The molecule has 104 valence electrons. The molecule has 0 radical (unpaired) electrons. The van der Waals surface area contributed by atoms with E-state index in [0.29, 0.717) is 5.69 Å². The summed E-state index contributed by atoms with van der Waals surface area (Å²) in [4.78, 5) is 12.3. The van der Waals surface area contributed by atoms with Crippen LogP contribution in [0.3, 0.4) is 0 Å². The Morgan fingerprint density at radius 1 is 1.25 bits per heavy atom. The average Bonchev–Trinajstić information content (AvgIpc) is 3.00. The molecule has 0 atom stereocenters. The van der Waals surface area contributed by atoms with Gasteiger partial charge in [0.1, 0.15) is 0 Å². The van der Waals surface area contributed by atoms with Crippen molar-refractivity contribution in [2.75, 3.05) is 0 Å². The van der Waals surface area contributed by atoms with Crippen LogP contribution < -0.4 is 5.32 Å². The van der Waals surface area contributed by atoms with Gasteiger partial charge in [-0.3, -0.25) is 4.79 Å². The van der Waals surface area contributed by atoms with Crippen molar-refractivity contribution < 1.29 is 4.79 Å². The summed E-state index contributed by atoms with van der Waals surface area (Å²) in [6.07, 6.45) is 3.04. The van der Waals surface area contributed by atoms with Gasteiger partial charge in [0.2, 0.25) is 0 Å². The SMILES string of the molecule is CC(C)NC(=O)c1nn(-c2ccccc2)c2c1CCC2. The van der Waals surface area contributed by atoms with Crippen molar-refractivity contribution in [3.05, 3.63) is 47.3 Å². The van der Waals surface area contributed by atoms with Crippen LogP contribution in [0, 0.1) is 0 Å². The molecule has 0 saturated carbocycles. The van der Waals surface area contributed by atoms with Gasteiger partial charge in [-0.15, -0.1) is 0 Å². The second-order valence-electron chi connectivity index (χ2n) is 5.50. The van der Waals surface area contributed by atoms with E-state index in [1.807, 2.05) is 48.9 Å². The van der Waals surface area contributed by atoms with Gasteiger partial charge in [0, 0.05) is 17.3 Å². The molecule has 4 heteroatoms. The first-order valence-electron chi connectivity index (χ1n) is 7.14. The molecule has 3 rings (SSSR count). The van der Waals surface area contributed by atoms with Crippen LogP contribution in [-0.4, -0.2) is 21.7 Å². The van der Waals surface area contributed by atoms with Gasteiger partial charge in [0.15, 0.2) is 5.69 Å². The van der Waals surface area contributed by atoms with Gasteiger partial charge in [-0.2, -0.15) is 5.10 Å². The number of nitrogens with zero attached hydrogens (tertiary/aromatic N) is 2. The molecule has 1 aromatic heterocycles. The summed E-state index contributed by atoms with van der Waals surface area (Å²) in [5.74, 6) is -0.0622. The molecule has 0 saturated heterocycles. The Morgan fingerprint density at radius 2 is 2.00 bits per heavy atom. The lowest BCUT2D eigenvalue weighted by Gasteiger charge is -2.07. The van der Waals surface area contributed by atoms with E-state index in [0.717, 1.165) is 30.5 Å². The fourth-order valence-corrected chi connectivity index (χ4v) is 2.73. The molecule has 1 aliphatic rings. The predicted molar refractivity (Wildman–Crippen MR) is 78.2 cm³/mol. The number of fused-ring (bicyclic) bond motifs is 1. The molecule has 1 aromatic carbocycles. The van der Waals surface area contributed by atoms with E-state index < -0.39 is 0 Å². The lowest BCUT2D eigenvalue weighted by molar-refractivity contribution is 0.0936. The summed E-state index contributed by atoms with van der Waals surface area (Å²) in [5.41, 5.74) is 3.92. The maximum Gasteiger partial charge on any atom is 0.272 e. The van der Waals surface area contributed by atoms with Gasteiger partial charge in [-0.25, -0.2) is 4.68 Å². The molecule has 1 N–H and O–H groups in total. The third kappa shape index (κ3) is 2.22. The van der Waals surface area contributed by atoms with Crippen molar-refractivity contribution in [1.29, 1.82) is 0 Å². The number of hydrogen-bond acceptors (Lipinski definition) is 2. The third-order valence-electron chi connectivity index (χ3n) is 3.57. The fourth-order valence-electron chi connectivity index (χ4n) is 2.73. The molecule has 1 heterocycles. The lowest BCUT2D eigenvalue weighted by Crippen LogP contribution is -2.31. The lowest BCUT2D eigenvalue weighted by atomic mass is 10.2. The molecule has 0 unspecified atom stereocenters. The van der Waals surface area contributed by atoms with Crippen LogP contribution >= 0.6 is 0 Å². The number of para-hydroxylation sites is 1. The summed E-state index contributed by atoms with van der Waals surface area (Å²) in [5, 5.41) is 7.50. The highest BCUT2D eigenvalue weighted by Gasteiger charge is 2.26. The Balaban J connectivity index is 2.04. The van der Waals surface area contributed by atoms with Gasteiger partial charge in [0.25, 0.3) is 5.91 Å². The van der Waals surface area contributed by atoms with E-state index in [-0.39, 0.29) is 11.9 Å². The van der Waals surface area contributed by atoms with Crippen molar-refractivity contribution in [3.8, 4) is 5.69 Å². The Bertz CT molecular complexity index is 629. The summed E-state index contributed by atoms with van der Waals surface area (Å²) in [6, 6.07) is 10.1. The molecule has 0 spiro atoms. The first-order chi connectivity index (χ1) is 9.66. The summed E-state index contributed by atoms with van der Waals surface area (Å²) < 4.78 is 1.93. The smallest absolute Gasteiger partial charge is 0.272 e. The van der Waals surface area contributed by atoms with Crippen molar-refractivity contribution in [3.63, 3.8) is 0 Å². The van der Waals surface area contributed by atoms with E-state index in [4.69, 9.17) is 0 Å². The van der Waals surface area contributed by atoms with Crippen LogP contribution in [0.5, 0.6) is 0 Å². The highest BCUT2D eigenvalue weighted by atomic mass is 16.2. The van der Waals surface area contributed by atoms with Crippen molar-refractivity contribution >= 4 is 5.91 Å². The van der Waals surface area contributed by atoms with E-state index in [9.17, 15) is 4.79 Å². The van der Waals surface area contributed by atoms with E-state index in [1.165, 1.54) is 5.69 Å². The Hall–Kier alpha value is -2.10. The Kier molecular flexibility index (Phi) is 3.30. The fraction of sp³-hybridized carbons (Fsp3) is 0.375. The van der Waals surface area contributed by atoms with Crippen molar-refractivity contribution in [1.82, 2.24) is 15.1 Å². The Labute approximate surface area is 118 Å². The normalized spacial score (nSPS) is 13.6. The molecule has 1 aliphatic carbocycles. The molecule has 0 bridgehead atoms. The molecular formula is C16H19N3O. The maximum atomic E-state index is 12.3. The van der Waals surface area contributed by atoms with Gasteiger partial charge >= 0.3 is 0 Å². The van der Waals surface area contributed by atoms with Crippen LogP contribution in [0.4, 0.5) is 0 Å².